The molecule has 3 heteroatoms. The van der Waals surface area contributed by atoms with Crippen molar-refractivity contribution in [2.24, 2.45) is 4.99 Å². The predicted molar refractivity (Wildman–Crippen MR) is 84.6 cm³/mol. The minimum Gasteiger partial charge on any atom is -0.478 e. The summed E-state index contributed by atoms with van der Waals surface area (Å²) in [6, 6.07) is 20.8. The summed E-state index contributed by atoms with van der Waals surface area (Å²) in [6.07, 6.45) is 1.59. The number of hydrogen-bond donors (Lipinski definition) is 1. The van der Waals surface area contributed by atoms with Crippen molar-refractivity contribution in [3.05, 3.63) is 77.9 Å². The zero-order valence-corrected chi connectivity index (χ0v) is 11.2. The number of nitrogens with zero attached hydrogens (tertiary/aromatic N) is 1. The number of hydrogen-bond acceptors (Lipinski definition) is 2. The molecule has 3 rings (SSSR count). The Balaban J connectivity index is 1.96. The number of aromatic carboxylic acids is 1. The van der Waals surface area contributed by atoms with Crippen molar-refractivity contribution in [1.29, 1.82) is 0 Å². The number of fused-ring (bicyclic) bond motifs is 1. The van der Waals surface area contributed by atoms with Crippen LogP contribution in [-0.4, -0.2) is 17.3 Å². The first-order valence-corrected chi connectivity index (χ1v) is 6.59. The third-order valence-corrected chi connectivity index (χ3v) is 3.28. The maximum Gasteiger partial charge on any atom is 0.336 e. The minimum atomic E-state index is -0.949. The summed E-state index contributed by atoms with van der Waals surface area (Å²) in [6.45, 7) is 0. The first kappa shape index (κ1) is 13.1. The molecule has 0 aromatic heterocycles. The van der Waals surface area contributed by atoms with E-state index in [1.54, 1.807) is 30.5 Å². The molecule has 0 spiro atoms. The van der Waals surface area contributed by atoms with E-state index in [9.17, 15) is 4.79 Å². The summed E-state index contributed by atoms with van der Waals surface area (Å²) in [5.74, 6) is -0.949. The lowest BCUT2D eigenvalue weighted by atomic mass is 10.1. The Morgan fingerprint density at radius 2 is 1.62 bits per heavy atom. The Hall–Kier alpha value is -2.94. The Labute approximate surface area is 122 Å². The van der Waals surface area contributed by atoms with Gasteiger partial charge in [0.05, 0.1) is 11.3 Å². The van der Waals surface area contributed by atoms with Gasteiger partial charge < -0.3 is 5.11 Å². The molecule has 0 radical (unpaired) electrons. The number of carboxylic acid groups (broad SMARTS) is 1. The van der Waals surface area contributed by atoms with Gasteiger partial charge in [-0.25, -0.2) is 4.79 Å². The Morgan fingerprint density at radius 3 is 2.43 bits per heavy atom. The Bertz CT molecular complexity index is 837. The van der Waals surface area contributed by atoms with Crippen LogP contribution >= 0.6 is 0 Å². The van der Waals surface area contributed by atoms with Gasteiger partial charge in [0.25, 0.3) is 0 Å². The third kappa shape index (κ3) is 2.82. The number of carbonyl (C=O) groups is 1. The van der Waals surface area contributed by atoms with Gasteiger partial charge in [-0.15, -0.1) is 0 Å². The van der Waals surface area contributed by atoms with Crippen molar-refractivity contribution in [3.63, 3.8) is 0 Å². The molecule has 0 aliphatic heterocycles. The molecule has 0 aliphatic rings. The van der Waals surface area contributed by atoms with Crippen molar-refractivity contribution < 1.29 is 9.90 Å². The van der Waals surface area contributed by atoms with E-state index in [-0.39, 0.29) is 5.56 Å². The average molecular weight is 275 g/mol. The van der Waals surface area contributed by atoms with Gasteiger partial charge in [0, 0.05) is 11.8 Å². The van der Waals surface area contributed by atoms with E-state index in [2.05, 4.69) is 4.99 Å². The highest BCUT2D eigenvalue weighted by molar-refractivity contribution is 5.99. The molecule has 3 aromatic rings. The van der Waals surface area contributed by atoms with Gasteiger partial charge in [-0.1, -0.05) is 48.5 Å². The zero-order chi connectivity index (χ0) is 14.7. The summed E-state index contributed by atoms with van der Waals surface area (Å²) < 4.78 is 0. The highest BCUT2D eigenvalue weighted by Crippen LogP contribution is 2.21. The highest BCUT2D eigenvalue weighted by Gasteiger charge is 2.06. The molecule has 21 heavy (non-hydrogen) atoms. The average Bonchev–Trinajstić information content (AvgIpc) is 2.53. The van der Waals surface area contributed by atoms with E-state index < -0.39 is 5.97 Å². The third-order valence-electron chi connectivity index (χ3n) is 3.28. The van der Waals surface area contributed by atoms with Gasteiger partial charge in [0.1, 0.15) is 0 Å². The van der Waals surface area contributed by atoms with Crippen LogP contribution in [0.1, 0.15) is 15.9 Å². The topological polar surface area (TPSA) is 49.7 Å². The lowest BCUT2D eigenvalue weighted by molar-refractivity contribution is 0.0697. The summed E-state index contributed by atoms with van der Waals surface area (Å²) in [5.41, 5.74) is 1.65. The van der Waals surface area contributed by atoms with Crippen LogP contribution in [0.15, 0.2) is 71.7 Å². The van der Waals surface area contributed by atoms with Crippen LogP contribution in [-0.2, 0) is 0 Å². The second kappa shape index (κ2) is 5.59. The van der Waals surface area contributed by atoms with E-state index >= 15 is 0 Å². The molecule has 0 amide bonds. The van der Waals surface area contributed by atoms with Crippen molar-refractivity contribution in [3.8, 4) is 0 Å². The summed E-state index contributed by atoms with van der Waals surface area (Å²) in [5, 5.41) is 11.4. The molecule has 0 aliphatic carbocycles. The quantitative estimate of drug-likeness (QED) is 0.725. The molecule has 0 atom stereocenters. The number of benzene rings is 3. The first-order chi connectivity index (χ1) is 10.2. The Kier molecular flexibility index (Phi) is 3.48. The summed E-state index contributed by atoms with van der Waals surface area (Å²) >= 11 is 0. The molecule has 0 heterocycles. The van der Waals surface area contributed by atoms with Crippen molar-refractivity contribution in [2.45, 2.75) is 0 Å². The molecular formula is C18H13NO2. The fourth-order valence-electron chi connectivity index (χ4n) is 2.21. The van der Waals surface area contributed by atoms with Crippen LogP contribution in [0.2, 0.25) is 0 Å². The van der Waals surface area contributed by atoms with E-state index in [4.69, 9.17) is 5.11 Å². The first-order valence-electron chi connectivity index (χ1n) is 6.59. The summed E-state index contributed by atoms with van der Waals surface area (Å²) in [7, 11) is 0. The molecule has 0 saturated carbocycles. The standard InChI is InChI=1S/C18H13NO2/c20-18(21)17-8-4-3-7-15(17)12-19-16-10-9-13-5-1-2-6-14(13)11-16/h1-12H,(H,20,21). The van der Waals surface area contributed by atoms with Crippen LogP contribution in [0.3, 0.4) is 0 Å². The van der Waals surface area contributed by atoms with Gasteiger partial charge in [-0.05, 0) is 29.0 Å². The number of rotatable bonds is 3. The van der Waals surface area contributed by atoms with Crippen molar-refractivity contribution in [1.82, 2.24) is 0 Å². The van der Waals surface area contributed by atoms with Crippen LogP contribution in [0.25, 0.3) is 10.8 Å². The Morgan fingerprint density at radius 1 is 0.905 bits per heavy atom. The molecule has 1 N–H and O–H groups in total. The monoisotopic (exact) mass is 275 g/mol. The lowest BCUT2D eigenvalue weighted by Gasteiger charge is -2.01. The largest absolute Gasteiger partial charge is 0.478 e. The minimum absolute atomic E-state index is 0.252. The number of carboxylic acids is 1. The van der Waals surface area contributed by atoms with Crippen molar-refractivity contribution in [2.75, 3.05) is 0 Å². The van der Waals surface area contributed by atoms with Gasteiger partial charge in [-0.3, -0.25) is 4.99 Å². The van der Waals surface area contributed by atoms with E-state index in [1.807, 2.05) is 42.5 Å². The number of aliphatic imine (C=N–C) groups is 1. The van der Waals surface area contributed by atoms with E-state index in [0.717, 1.165) is 16.5 Å². The maximum atomic E-state index is 11.1. The van der Waals surface area contributed by atoms with Gasteiger partial charge >= 0.3 is 5.97 Å². The maximum absolute atomic E-state index is 11.1. The molecule has 0 saturated heterocycles. The molecule has 0 fully saturated rings. The van der Waals surface area contributed by atoms with Gasteiger partial charge in [-0.2, -0.15) is 0 Å². The fourth-order valence-corrected chi connectivity index (χ4v) is 2.21. The molecule has 3 nitrogen and oxygen atoms in total. The molecule has 0 bridgehead atoms. The predicted octanol–water partition coefficient (Wildman–Crippen LogP) is 4.29. The highest BCUT2D eigenvalue weighted by atomic mass is 16.4. The molecule has 0 unspecified atom stereocenters. The summed E-state index contributed by atoms with van der Waals surface area (Å²) in [4.78, 5) is 15.5. The lowest BCUT2D eigenvalue weighted by Crippen LogP contribution is -2.00. The van der Waals surface area contributed by atoms with Gasteiger partial charge in [0.15, 0.2) is 0 Å². The molecule has 102 valence electrons. The second-order valence-corrected chi connectivity index (χ2v) is 4.68. The SMILES string of the molecule is O=C(O)c1ccccc1C=Nc1ccc2ccccc2c1. The molecular weight excluding hydrogens is 262 g/mol. The molecule has 3 aromatic carbocycles. The van der Waals surface area contributed by atoms with E-state index in [1.165, 1.54) is 0 Å². The van der Waals surface area contributed by atoms with Crippen LogP contribution in [0.4, 0.5) is 5.69 Å². The van der Waals surface area contributed by atoms with Crippen LogP contribution < -0.4 is 0 Å². The second-order valence-electron chi connectivity index (χ2n) is 4.68. The van der Waals surface area contributed by atoms with Gasteiger partial charge in [0.2, 0.25) is 0 Å². The van der Waals surface area contributed by atoms with E-state index in [0.29, 0.717) is 5.56 Å². The van der Waals surface area contributed by atoms with Crippen LogP contribution in [0, 0.1) is 0 Å². The fraction of sp³-hybridized carbons (Fsp3) is 0. The smallest absolute Gasteiger partial charge is 0.336 e. The van der Waals surface area contributed by atoms with Crippen LogP contribution in [0.5, 0.6) is 0 Å². The van der Waals surface area contributed by atoms with Crippen molar-refractivity contribution >= 4 is 28.6 Å². The zero-order valence-electron chi connectivity index (χ0n) is 11.2. The normalized spacial score (nSPS) is 11.0.